The first-order valence-electron chi connectivity index (χ1n) is 12.7. The van der Waals surface area contributed by atoms with E-state index in [2.05, 4.69) is 13.2 Å². The van der Waals surface area contributed by atoms with E-state index >= 15 is 0 Å². The van der Waals surface area contributed by atoms with E-state index in [-0.39, 0.29) is 6.10 Å². The van der Waals surface area contributed by atoms with E-state index < -0.39 is 24.6 Å². The maximum atomic E-state index is 6.56. The highest BCUT2D eigenvalue weighted by molar-refractivity contribution is 5.15. The average molecular weight is 501 g/mol. The lowest BCUT2D eigenvalue weighted by Crippen LogP contribution is -2.60. The van der Waals surface area contributed by atoms with Crippen molar-refractivity contribution in [2.45, 2.75) is 63.9 Å². The van der Waals surface area contributed by atoms with Crippen molar-refractivity contribution in [3.8, 4) is 0 Å². The summed E-state index contributed by atoms with van der Waals surface area (Å²) in [5, 5.41) is 0. The highest BCUT2D eigenvalue weighted by atomic mass is 16.7. The molecule has 3 aromatic carbocycles. The normalized spacial score (nSPS) is 23.3. The van der Waals surface area contributed by atoms with Crippen LogP contribution in [0.4, 0.5) is 0 Å². The second-order valence-electron chi connectivity index (χ2n) is 9.17. The Balaban J connectivity index is 1.62. The summed E-state index contributed by atoms with van der Waals surface area (Å²) in [6, 6.07) is 30.1. The minimum absolute atomic E-state index is 0.340. The van der Waals surface area contributed by atoms with Crippen LogP contribution < -0.4 is 0 Å². The van der Waals surface area contributed by atoms with Gasteiger partial charge in [-0.3, -0.25) is 0 Å². The monoisotopic (exact) mass is 500 g/mol. The van der Waals surface area contributed by atoms with Crippen molar-refractivity contribution in [3.63, 3.8) is 0 Å². The Kier molecular flexibility index (Phi) is 10.1. The SMILES string of the molecule is C=CC[C@@H]1O[C@H](OCc2ccccc2)[C@@H](OCc2ccccc2)[C@H](OCc2ccccc2)[C@H]1OC(=C)C. The fourth-order valence-corrected chi connectivity index (χ4v) is 4.39. The Bertz CT molecular complexity index is 1090. The van der Waals surface area contributed by atoms with Gasteiger partial charge in [-0.05, 0) is 30.0 Å². The first-order chi connectivity index (χ1) is 18.1. The van der Waals surface area contributed by atoms with Crippen LogP contribution in [0, 0.1) is 0 Å². The standard InChI is InChI=1S/C32H36O5/c1-4-14-28-29(36-24(2)3)30(33-21-25-15-8-5-9-16-25)31(34-22-26-17-10-6-11-18-26)32(37-28)35-23-27-19-12-7-13-20-27/h4-13,15-20,28-32H,1-2,14,21-23H2,3H3/t28-,29-,30+,31-,32-/m0/s1. The van der Waals surface area contributed by atoms with Gasteiger partial charge < -0.3 is 23.7 Å². The lowest BCUT2D eigenvalue weighted by Gasteiger charge is -2.45. The fraction of sp³-hybridized carbons (Fsp3) is 0.312. The lowest BCUT2D eigenvalue weighted by molar-refractivity contribution is -0.319. The Morgan fingerprint density at radius 2 is 1.16 bits per heavy atom. The summed E-state index contributed by atoms with van der Waals surface area (Å²) in [5.41, 5.74) is 3.17. The van der Waals surface area contributed by atoms with Crippen LogP contribution in [-0.2, 0) is 43.5 Å². The molecule has 4 rings (SSSR count). The Morgan fingerprint density at radius 3 is 1.62 bits per heavy atom. The van der Waals surface area contributed by atoms with Gasteiger partial charge >= 0.3 is 0 Å². The number of ether oxygens (including phenoxy) is 5. The quantitative estimate of drug-likeness (QED) is 0.196. The summed E-state index contributed by atoms with van der Waals surface area (Å²) in [7, 11) is 0. The summed E-state index contributed by atoms with van der Waals surface area (Å²) in [4.78, 5) is 0. The van der Waals surface area contributed by atoms with E-state index in [1.54, 1.807) is 0 Å². The van der Waals surface area contributed by atoms with Gasteiger partial charge in [0.2, 0.25) is 0 Å². The van der Waals surface area contributed by atoms with E-state index in [1.807, 2.05) is 104 Å². The van der Waals surface area contributed by atoms with Gasteiger partial charge in [0, 0.05) is 0 Å². The number of hydrogen-bond acceptors (Lipinski definition) is 5. The molecule has 0 aromatic heterocycles. The maximum absolute atomic E-state index is 6.56. The zero-order valence-electron chi connectivity index (χ0n) is 21.4. The molecule has 1 fully saturated rings. The molecule has 0 radical (unpaired) electrons. The van der Waals surface area contributed by atoms with Crippen molar-refractivity contribution in [3.05, 3.63) is 133 Å². The molecule has 1 aliphatic heterocycles. The third-order valence-corrected chi connectivity index (χ3v) is 6.16. The van der Waals surface area contributed by atoms with Crippen LogP contribution in [0.5, 0.6) is 0 Å². The van der Waals surface area contributed by atoms with Gasteiger partial charge in [0.05, 0.1) is 25.6 Å². The summed E-state index contributed by atoms with van der Waals surface area (Å²) in [6.45, 7) is 10.9. The molecular formula is C32H36O5. The van der Waals surface area contributed by atoms with Crippen molar-refractivity contribution < 1.29 is 23.7 Å². The first kappa shape index (κ1) is 26.8. The highest BCUT2D eigenvalue weighted by Gasteiger charge is 2.49. The Hall–Kier alpha value is -3.22. The molecule has 0 amide bonds. The molecule has 37 heavy (non-hydrogen) atoms. The largest absolute Gasteiger partial charge is 0.490 e. The van der Waals surface area contributed by atoms with E-state index in [4.69, 9.17) is 23.7 Å². The van der Waals surface area contributed by atoms with Crippen LogP contribution >= 0.6 is 0 Å². The van der Waals surface area contributed by atoms with Crippen molar-refractivity contribution >= 4 is 0 Å². The lowest BCUT2D eigenvalue weighted by atomic mass is 9.95. The molecule has 5 atom stereocenters. The topological polar surface area (TPSA) is 46.2 Å². The first-order valence-corrected chi connectivity index (χ1v) is 12.7. The zero-order chi connectivity index (χ0) is 25.9. The van der Waals surface area contributed by atoms with E-state index in [9.17, 15) is 0 Å². The summed E-state index contributed by atoms with van der Waals surface area (Å²) < 4.78 is 32.1. The van der Waals surface area contributed by atoms with E-state index in [1.165, 1.54) is 0 Å². The predicted molar refractivity (Wildman–Crippen MR) is 144 cm³/mol. The molecule has 0 aliphatic carbocycles. The predicted octanol–water partition coefficient (Wildman–Crippen LogP) is 6.59. The number of benzene rings is 3. The molecular weight excluding hydrogens is 464 g/mol. The second kappa shape index (κ2) is 13.9. The fourth-order valence-electron chi connectivity index (χ4n) is 4.39. The highest BCUT2D eigenvalue weighted by Crippen LogP contribution is 2.33. The number of allylic oxidation sites excluding steroid dienone is 1. The summed E-state index contributed by atoms with van der Waals surface area (Å²) in [5.74, 6) is 0.585. The molecule has 194 valence electrons. The van der Waals surface area contributed by atoms with Crippen molar-refractivity contribution in [2.24, 2.45) is 0 Å². The van der Waals surface area contributed by atoms with Gasteiger partial charge in [-0.15, -0.1) is 6.58 Å². The van der Waals surface area contributed by atoms with Crippen LogP contribution in [0.2, 0.25) is 0 Å². The average Bonchev–Trinajstić information content (AvgIpc) is 2.93. The smallest absolute Gasteiger partial charge is 0.187 e. The Morgan fingerprint density at radius 1 is 0.703 bits per heavy atom. The molecule has 5 heteroatoms. The van der Waals surface area contributed by atoms with Crippen molar-refractivity contribution in [1.29, 1.82) is 0 Å². The van der Waals surface area contributed by atoms with E-state index in [0.29, 0.717) is 32.0 Å². The third-order valence-electron chi connectivity index (χ3n) is 6.16. The van der Waals surface area contributed by atoms with Crippen LogP contribution in [0.25, 0.3) is 0 Å². The van der Waals surface area contributed by atoms with Gasteiger partial charge in [-0.25, -0.2) is 0 Å². The van der Waals surface area contributed by atoms with Crippen molar-refractivity contribution in [1.82, 2.24) is 0 Å². The van der Waals surface area contributed by atoms with Gasteiger partial charge in [0.15, 0.2) is 12.4 Å². The summed E-state index contributed by atoms with van der Waals surface area (Å²) >= 11 is 0. The van der Waals surface area contributed by atoms with Gasteiger partial charge in [-0.1, -0.05) is 104 Å². The molecule has 3 aromatic rings. The molecule has 1 saturated heterocycles. The second-order valence-corrected chi connectivity index (χ2v) is 9.17. The maximum Gasteiger partial charge on any atom is 0.187 e. The van der Waals surface area contributed by atoms with Crippen LogP contribution in [-0.4, -0.2) is 30.7 Å². The van der Waals surface area contributed by atoms with Gasteiger partial charge in [0.25, 0.3) is 0 Å². The van der Waals surface area contributed by atoms with E-state index in [0.717, 1.165) is 16.7 Å². The minimum atomic E-state index is -0.667. The molecule has 5 nitrogen and oxygen atoms in total. The number of rotatable bonds is 13. The Labute approximate surface area is 220 Å². The van der Waals surface area contributed by atoms with Crippen LogP contribution in [0.1, 0.15) is 30.0 Å². The van der Waals surface area contributed by atoms with Gasteiger partial charge in [0.1, 0.15) is 18.3 Å². The van der Waals surface area contributed by atoms with Gasteiger partial charge in [-0.2, -0.15) is 0 Å². The van der Waals surface area contributed by atoms with Crippen LogP contribution in [0.3, 0.4) is 0 Å². The molecule has 0 N–H and O–H groups in total. The van der Waals surface area contributed by atoms with Crippen LogP contribution in [0.15, 0.2) is 116 Å². The molecule has 0 spiro atoms. The van der Waals surface area contributed by atoms with Crippen molar-refractivity contribution in [2.75, 3.05) is 0 Å². The third kappa shape index (κ3) is 7.88. The molecule has 1 heterocycles. The summed E-state index contributed by atoms with van der Waals surface area (Å²) in [6.07, 6.45) is -0.0750. The molecule has 1 aliphatic rings. The number of hydrogen-bond donors (Lipinski definition) is 0. The molecule has 0 bridgehead atoms. The molecule has 0 unspecified atom stereocenters. The minimum Gasteiger partial charge on any atom is -0.490 e. The molecule has 0 saturated carbocycles. The zero-order valence-corrected chi connectivity index (χ0v) is 21.4.